The van der Waals surface area contributed by atoms with E-state index in [4.69, 9.17) is 0 Å². The first kappa shape index (κ1) is 35.1. The molecule has 0 saturated heterocycles. The van der Waals surface area contributed by atoms with E-state index in [0.29, 0.717) is 11.8 Å². The molecule has 1 heteroatoms. The lowest BCUT2D eigenvalue weighted by atomic mass is 9.43. The zero-order valence-electron chi connectivity index (χ0n) is 35.3. The topological polar surface area (TPSA) is 3.24 Å². The van der Waals surface area contributed by atoms with E-state index in [9.17, 15) is 0 Å². The summed E-state index contributed by atoms with van der Waals surface area (Å²) < 4.78 is 0. The standard InChI is InChI=1S/C57H57N/c1-54(2)25-26-55(3,4)53-48(54)17-12-18-52(53)58(41-20-23-44-43-15-10-11-16-47(43)56(5,6)49(44)33-41)42-21-24-46-45-22-19-38(37-13-8-7-9-14-37)32-50(45)57(51(46)34-42)39-28-35-27-36(30-39)31-40(57)29-35/h7-24,32-36,39-40H,25-31H2,1-6H3. The Hall–Kier alpha value is -4.88. The quantitative estimate of drug-likeness (QED) is 0.173. The average Bonchev–Trinajstić information content (AvgIpc) is 3.63. The van der Waals surface area contributed by atoms with Gasteiger partial charge >= 0.3 is 0 Å². The minimum absolute atomic E-state index is 0.0510. The van der Waals surface area contributed by atoms with Gasteiger partial charge in [0.1, 0.15) is 0 Å². The molecular formula is C57H57N. The lowest BCUT2D eigenvalue weighted by Crippen LogP contribution is -2.55. The van der Waals surface area contributed by atoms with E-state index in [1.807, 2.05) is 0 Å². The molecule has 4 bridgehead atoms. The van der Waals surface area contributed by atoms with E-state index in [2.05, 4.69) is 174 Å². The molecular weight excluding hydrogens is 699 g/mol. The van der Waals surface area contributed by atoms with Gasteiger partial charge in [-0.1, -0.05) is 133 Å². The number of fused-ring (bicyclic) bond motifs is 7. The van der Waals surface area contributed by atoms with E-state index < -0.39 is 0 Å². The third kappa shape index (κ3) is 4.65. The van der Waals surface area contributed by atoms with Crippen molar-refractivity contribution in [1.29, 1.82) is 0 Å². The van der Waals surface area contributed by atoms with Gasteiger partial charge in [-0.25, -0.2) is 0 Å². The summed E-state index contributed by atoms with van der Waals surface area (Å²) in [7, 11) is 0. The van der Waals surface area contributed by atoms with Crippen LogP contribution in [0, 0.1) is 23.7 Å². The van der Waals surface area contributed by atoms with Crippen molar-refractivity contribution < 1.29 is 0 Å². The zero-order chi connectivity index (χ0) is 39.3. The van der Waals surface area contributed by atoms with Crippen LogP contribution in [0.1, 0.15) is 120 Å². The molecule has 290 valence electrons. The SMILES string of the molecule is CC1(C)CCC(C)(C)c2c(N(c3ccc4c(c3)C(C)(C)c3ccccc3-4)c3ccc4c(c3)C3(c5cc(-c6ccccc6)ccc5-4)C4CC5CC(C4)CC3C5)cccc21. The minimum atomic E-state index is -0.0779. The molecule has 7 aliphatic rings. The Morgan fingerprint density at radius 1 is 0.431 bits per heavy atom. The van der Waals surface area contributed by atoms with Crippen molar-refractivity contribution in [3.63, 3.8) is 0 Å². The van der Waals surface area contributed by atoms with Gasteiger partial charge in [0.05, 0.1) is 5.69 Å². The van der Waals surface area contributed by atoms with Crippen molar-refractivity contribution in [2.45, 2.75) is 108 Å². The average molecular weight is 756 g/mol. The van der Waals surface area contributed by atoms with E-state index in [-0.39, 0.29) is 21.7 Å². The predicted molar refractivity (Wildman–Crippen MR) is 243 cm³/mol. The van der Waals surface area contributed by atoms with Crippen LogP contribution in [0.2, 0.25) is 0 Å². The maximum Gasteiger partial charge on any atom is 0.0502 e. The van der Waals surface area contributed by atoms with Crippen molar-refractivity contribution in [2.75, 3.05) is 4.90 Å². The summed E-state index contributed by atoms with van der Waals surface area (Å²) in [6, 6.07) is 50.1. The molecule has 6 aromatic carbocycles. The van der Waals surface area contributed by atoms with Gasteiger partial charge in [0.15, 0.2) is 0 Å². The maximum atomic E-state index is 2.72. The highest BCUT2D eigenvalue weighted by atomic mass is 15.1. The summed E-state index contributed by atoms with van der Waals surface area (Å²) in [6.07, 6.45) is 9.37. The minimum Gasteiger partial charge on any atom is -0.310 e. The van der Waals surface area contributed by atoms with Crippen molar-refractivity contribution in [1.82, 2.24) is 0 Å². The van der Waals surface area contributed by atoms with Gasteiger partial charge in [-0.3, -0.25) is 0 Å². The molecule has 0 radical (unpaired) electrons. The second kappa shape index (κ2) is 11.9. The number of rotatable bonds is 4. The van der Waals surface area contributed by atoms with E-state index in [1.54, 1.807) is 11.1 Å². The second-order valence-electron chi connectivity index (χ2n) is 21.2. The molecule has 0 N–H and O–H groups in total. The molecule has 1 spiro atoms. The van der Waals surface area contributed by atoms with Crippen molar-refractivity contribution in [2.24, 2.45) is 23.7 Å². The fraction of sp³-hybridized carbons (Fsp3) is 0.368. The second-order valence-corrected chi connectivity index (χ2v) is 21.2. The Morgan fingerprint density at radius 3 is 1.69 bits per heavy atom. The highest BCUT2D eigenvalue weighted by Gasteiger charge is 2.61. The number of benzene rings is 6. The van der Waals surface area contributed by atoms with Gasteiger partial charge in [0.25, 0.3) is 0 Å². The Morgan fingerprint density at radius 2 is 0.983 bits per heavy atom. The van der Waals surface area contributed by atoms with Crippen LogP contribution in [-0.4, -0.2) is 0 Å². The molecule has 58 heavy (non-hydrogen) atoms. The first-order valence-corrected chi connectivity index (χ1v) is 22.5. The third-order valence-corrected chi connectivity index (χ3v) is 16.9. The molecule has 4 fully saturated rings. The fourth-order valence-electron chi connectivity index (χ4n) is 14.3. The molecule has 13 rings (SSSR count). The van der Waals surface area contributed by atoms with Crippen LogP contribution in [0.5, 0.6) is 0 Å². The summed E-state index contributed by atoms with van der Waals surface area (Å²) in [5.74, 6) is 3.19. The van der Waals surface area contributed by atoms with Gasteiger partial charge in [-0.15, -0.1) is 0 Å². The lowest BCUT2D eigenvalue weighted by molar-refractivity contribution is -0.0399. The van der Waals surface area contributed by atoms with Crippen molar-refractivity contribution in [3.8, 4) is 33.4 Å². The van der Waals surface area contributed by atoms with Gasteiger partial charge in [0.2, 0.25) is 0 Å². The molecule has 4 saturated carbocycles. The number of hydrogen-bond donors (Lipinski definition) is 0. The summed E-state index contributed by atoms with van der Waals surface area (Å²) in [4.78, 5) is 2.70. The first-order valence-electron chi connectivity index (χ1n) is 22.5. The van der Waals surface area contributed by atoms with Crippen LogP contribution in [0.15, 0.2) is 127 Å². The van der Waals surface area contributed by atoms with Gasteiger partial charge in [-0.05, 0) is 183 Å². The molecule has 1 nitrogen and oxygen atoms in total. The number of hydrogen-bond acceptors (Lipinski definition) is 1. The lowest BCUT2D eigenvalue weighted by Gasteiger charge is -2.61. The van der Waals surface area contributed by atoms with Crippen LogP contribution in [0.4, 0.5) is 17.1 Å². The van der Waals surface area contributed by atoms with Gasteiger partial charge < -0.3 is 4.90 Å². The molecule has 6 aromatic rings. The molecule has 7 aliphatic carbocycles. The van der Waals surface area contributed by atoms with Crippen LogP contribution in [0.3, 0.4) is 0 Å². The summed E-state index contributed by atoms with van der Waals surface area (Å²) in [5.41, 5.74) is 21.6. The van der Waals surface area contributed by atoms with Gasteiger partial charge in [0, 0.05) is 22.2 Å². The summed E-state index contributed by atoms with van der Waals surface area (Å²) in [5, 5.41) is 0. The Kier molecular flexibility index (Phi) is 7.18. The Labute approximate surface area is 346 Å². The van der Waals surface area contributed by atoms with Gasteiger partial charge in [-0.2, -0.15) is 0 Å². The predicted octanol–water partition coefficient (Wildman–Crippen LogP) is 15.2. The smallest absolute Gasteiger partial charge is 0.0502 e. The molecule has 0 atom stereocenters. The van der Waals surface area contributed by atoms with Crippen LogP contribution >= 0.6 is 0 Å². The fourth-order valence-corrected chi connectivity index (χ4v) is 14.3. The number of anilines is 3. The normalized spacial score (nSPS) is 26.8. The third-order valence-electron chi connectivity index (χ3n) is 16.9. The molecule has 0 aromatic heterocycles. The van der Waals surface area contributed by atoms with Crippen molar-refractivity contribution in [3.05, 3.63) is 161 Å². The molecule has 0 unspecified atom stereocenters. The largest absolute Gasteiger partial charge is 0.310 e. The van der Waals surface area contributed by atoms with Crippen molar-refractivity contribution >= 4 is 17.1 Å². The molecule has 0 heterocycles. The van der Waals surface area contributed by atoms with Crippen LogP contribution in [0.25, 0.3) is 33.4 Å². The number of nitrogens with zero attached hydrogens (tertiary/aromatic N) is 1. The summed E-state index contributed by atoms with van der Waals surface area (Å²) >= 11 is 0. The monoisotopic (exact) mass is 755 g/mol. The van der Waals surface area contributed by atoms with Crippen LogP contribution in [-0.2, 0) is 21.7 Å². The molecule has 0 aliphatic heterocycles. The van der Waals surface area contributed by atoms with E-state index >= 15 is 0 Å². The first-order chi connectivity index (χ1) is 27.9. The summed E-state index contributed by atoms with van der Waals surface area (Å²) in [6.45, 7) is 14.8. The molecule has 0 amide bonds. The Balaban J connectivity index is 1.10. The highest BCUT2D eigenvalue weighted by molar-refractivity contribution is 5.90. The van der Waals surface area contributed by atoms with Crippen LogP contribution < -0.4 is 4.90 Å². The maximum absolute atomic E-state index is 2.72. The Bertz CT molecular complexity index is 2640. The van der Waals surface area contributed by atoms with E-state index in [1.165, 1.54) is 118 Å². The zero-order valence-corrected chi connectivity index (χ0v) is 35.3. The highest BCUT2D eigenvalue weighted by Crippen LogP contribution is 2.70. The van der Waals surface area contributed by atoms with E-state index in [0.717, 1.165) is 11.8 Å².